The first-order valence-electron chi connectivity index (χ1n) is 9.89. The number of amides is 2. The van der Waals surface area contributed by atoms with Gasteiger partial charge < -0.3 is 15.5 Å². The number of nitrogens with zero attached hydrogens (tertiary/aromatic N) is 1. The van der Waals surface area contributed by atoms with E-state index in [4.69, 9.17) is 0 Å². The lowest BCUT2D eigenvalue weighted by molar-refractivity contribution is -0.895. The third kappa shape index (κ3) is 4.89. The third-order valence-corrected chi connectivity index (χ3v) is 7.26. The van der Waals surface area contributed by atoms with Crippen molar-refractivity contribution in [3.63, 3.8) is 0 Å². The summed E-state index contributed by atoms with van der Waals surface area (Å²) in [7, 11) is -3.50. The van der Waals surface area contributed by atoms with Crippen LogP contribution in [0.5, 0.6) is 0 Å². The smallest absolute Gasteiger partial charge is 0.275 e. The summed E-state index contributed by atoms with van der Waals surface area (Å²) in [6.45, 7) is 4.47. The van der Waals surface area contributed by atoms with Gasteiger partial charge in [-0.15, -0.1) is 0 Å². The van der Waals surface area contributed by atoms with Gasteiger partial charge in [0.2, 0.25) is 15.9 Å². The molecule has 1 aliphatic carbocycles. The molecule has 0 spiro atoms. The average molecular weight is 410 g/mol. The van der Waals surface area contributed by atoms with Crippen LogP contribution in [0.2, 0.25) is 0 Å². The van der Waals surface area contributed by atoms with Crippen LogP contribution in [-0.4, -0.2) is 70.4 Å². The van der Waals surface area contributed by atoms with Gasteiger partial charge >= 0.3 is 0 Å². The normalized spacial score (nSPS) is 17.9. The second kappa shape index (κ2) is 9.02. The highest BCUT2D eigenvalue weighted by Gasteiger charge is 2.31. The highest BCUT2D eigenvalue weighted by Crippen LogP contribution is 2.26. The number of carbonyl (C=O) groups is 2. The first-order chi connectivity index (χ1) is 13.4. The summed E-state index contributed by atoms with van der Waals surface area (Å²) in [4.78, 5) is 24.8. The van der Waals surface area contributed by atoms with Crippen LogP contribution in [0.1, 0.15) is 24.5 Å². The summed E-state index contributed by atoms with van der Waals surface area (Å²) in [5.41, 5.74) is 2.40. The Hall–Kier alpha value is -1.97. The monoisotopic (exact) mass is 409 g/mol. The van der Waals surface area contributed by atoms with Crippen LogP contribution >= 0.6 is 0 Å². The van der Waals surface area contributed by atoms with E-state index in [1.165, 1.54) is 9.87 Å². The Morgan fingerprint density at radius 3 is 2.50 bits per heavy atom. The minimum absolute atomic E-state index is 0.0290. The molecule has 0 atom stereocenters. The van der Waals surface area contributed by atoms with Gasteiger partial charge in [0.25, 0.3) is 5.91 Å². The molecule has 1 aromatic rings. The molecule has 0 bridgehead atoms. The molecular formula is C19H29N4O4S+. The molecule has 1 fully saturated rings. The van der Waals surface area contributed by atoms with Gasteiger partial charge in [-0.25, -0.2) is 8.42 Å². The van der Waals surface area contributed by atoms with Gasteiger partial charge in [-0.3, -0.25) is 9.59 Å². The molecule has 2 aliphatic rings. The second-order valence-electron chi connectivity index (χ2n) is 7.35. The van der Waals surface area contributed by atoms with Gasteiger partial charge in [-0.05, 0) is 49.4 Å². The van der Waals surface area contributed by atoms with Gasteiger partial charge in [0.05, 0.1) is 37.6 Å². The van der Waals surface area contributed by atoms with E-state index in [1.807, 2.05) is 19.1 Å². The van der Waals surface area contributed by atoms with Crippen LogP contribution in [0.3, 0.4) is 0 Å². The third-order valence-electron chi connectivity index (χ3n) is 5.37. The van der Waals surface area contributed by atoms with Crippen LogP contribution in [0.4, 0.5) is 0 Å². The van der Waals surface area contributed by atoms with Crippen molar-refractivity contribution in [2.75, 3.05) is 45.8 Å². The molecule has 0 saturated carbocycles. The van der Waals surface area contributed by atoms with E-state index >= 15 is 0 Å². The quantitative estimate of drug-likeness (QED) is 0.501. The number of aryl methyl sites for hydroxylation is 2. The van der Waals surface area contributed by atoms with Crippen molar-refractivity contribution < 1.29 is 22.9 Å². The molecule has 28 heavy (non-hydrogen) atoms. The number of hydrogen-bond donors (Lipinski definition) is 3. The number of fused-ring (bicyclic) bond motifs is 1. The molecule has 1 heterocycles. The number of carbonyl (C=O) groups excluding carboxylic acids is 2. The van der Waals surface area contributed by atoms with Gasteiger partial charge in [0.15, 0.2) is 6.54 Å². The molecular weight excluding hydrogens is 380 g/mol. The summed E-state index contributed by atoms with van der Waals surface area (Å²) in [5, 5.41) is 5.23. The maximum atomic E-state index is 12.9. The molecule has 0 radical (unpaired) electrons. The van der Waals surface area contributed by atoms with Crippen molar-refractivity contribution in [3.05, 3.63) is 29.3 Å². The van der Waals surface area contributed by atoms with Crippen LogP contribution in [0.15, 0.2) is 23.1 Å². The number of quaternary nitrogens is 1. The maximum Gasteiger partial charge on any atom is 0.275 e. The van der Waals surface area contributed by atoms with E-state index in [0.717, 1.165) is 29.7 Å². The zero-order valence-corrected chi connectivity index (χ0v) is 17.1. The largest absolute Gasteiger partial charge is 0.355 e. The standard InChI is InChI=1S/C19H28N4O4S/c1-2-20-18(24)13-21-19(25)14-22-8-10-23(11-9-22)28(26,27)17-7-6-15-4-3-5-16(15)12-17/h6-7,12H,2-5,8-11,13-14H2,1H3,(H,20,24)(H,21,25)/p+1. The van der Waals surface area contributed by atoms with E-state index in [9.17, 15) is 18.0 Å². The molecule has 2 amide bonds. The minimum Gasteiger partial charge on any atom is -0.355 e. The fraction of sp³-hybridized carbons (Fsp3) is 0.579. The number of sulfonamides is 1. The van der Waals surface area contributed by atoms with Crippen molar-refractivity contribution in [2.45, 2.75) is 31.1 Å². The molecule has 0 aromatic heterocycles. The highest BCUT2D eigenvalue weighted by atomic mass is 32.2. The summed E-state index contributed by atoms with van der Waals surface area (Å²) < 4.78 is 27.4. The van der Waals surface area contributed by atoms with Crippen LogP contribution in [0, 0.1) is 0 Å². The average Bonchev–Trinajstić information content (AvgIpc) is 3.15. The minimum atomic E-state index is -3.50. The Balaban J connectivity index is 1.50. The van der Waals surface area contributed by atoms with Crippen molar-refractivity contribution >= 4 is 21.8 Å². The molecule has 154 valence electrons. The van der Waals surface area contributed by atoms with Crippen molar-refractivity contribution in [1.29, 1.82) is 0 Å². The summed E-state index contributed by atoms with van der Waals surface area (Å²) in [6.07, 6.45) is 3.06. The first-order valence-corrected chi connectivity index (χ1v) is 11.3. The van der Waals surface area contributed by atoms with E-state index in [1.54, 1.807) is 6.07 Å². The fourth-order valence-corrected chi connectivity index (χ4v) is 5.30. The molecule has 8 nitrogen and oxygen atoms in total. The van der Waals surface area contributed by atoms with Crippen LogP contribution in [-0.2, 0) is 32.5 Å². The van der Waals surface area contributed by atoms with Crippen molar-refractivity contribution in [3.8, 4) is 0 Å². The molecule has 1 aromatic carbocycles. The van der Waals surface area contributed by atoms with Crippen molar-refractivity contribution in [2.24, 2.45) is 0 Å². The zero-order valence-electron chi connectivity index (χ0n) is 16.3. The Morgan fingerprint density at radius 1 is 1.07 bits per heavy atom. The Morgan fingerprint density at radius 2 is 1.79 bits per heavy atom. The van der Waals surface area contributed by atoms with Crippen molar-refractivity contribution in [1.82, 2.24) is 14.9 Å². The van der Waals surface area contributed by atoms with Crippen LogP contribution in [0.25, 0.3) is 0 Å². The Bertz CT molecular complexity index is 832. The number of rotatable bonds is 7. The topological polar surface area (TPSA) is 100 Å². The Kier molecular flexibility index (Phi) is 6.69. The highest BCUT2D eigenvalue weighted by molar-refractivity contribution is 7.89. The van der Waals surface area contributed by atoms with E-state index < -0.39 is 10.0 Å². The summed E-state index contributed by atoms with van der Waals surface area (Å²) in [6, 6.07) is 5.48. The number of piperazine rings is 1. The lowest BCUT2D eigenvalue weighted by Gasteiger charge is -2.31. The fourth-order valence-electron chi connectivity index (χ4n) is 3.81. The molecule has 3 N–H and O–H groups in total. The van der Waals surface area contributed by atoms with E-state index in [2.05, 4.69) is 10.6 Å². The van der Waals surface area contributed by atoms with Crippen LogP contribution < -0.4 is 15.5 Å². The lowest BCUT2D eigenvalue weighted by Crippen LogP contribution is -3.15. The second-order valence-corrected chi connectivity index (χ2v) is 9.28. The zero-order chi connectivity index (χ0) is 20.1. The maximum absolute atomic E-state index is 12.9. The SMILES string of the molecule is CCNC(=O)CNC(=O)C[NH+]1CCN(S(=O)(=O)c2ccc3c(c2)CCC3)CC1. The van der Waals surface area contributed by atoms with Gasteiger partial charge in [0.1, 0.15) is 0 Å². The molecule has 1 aliphatic heterocycles. The van der Waals surface area contributed by atoms with Gasteiger partial charge in [0, 0.05) is 6.54 Å². The number of benzene rings is 1. The van der Waals surface area contributed by atoms with Gasteiger partial charge in [-0.2, -0.15) is 4.31 Å². The van der Waals surface area contributed by atoms with E-state index in [0.29, 0.717) is 37.6 Å². The lowest BCUT2D eigenvalue weighted by atomic mass is 10.1. The predicted molar refractivity (Wildman–Crippen MR) is 104 cm³/mol. The number of hydrogen-bond acceptors (Lipinski definition) is 4. The predicted octanol–water partition coefficient (Wildman–Crippen LogP) is -1.68. The molecule has 0 unspecified atom stereocenters. The first kappa shape index (κ1) is 20.8. The molecule has 1 saturated heterocycles. The number of nitrogens with one attached hydrogen (secondary N) is 3. The van der Waals surface area contributed by atoms with E-state index in [-0.39, 0.29) is 24.9 Å². The summed E-state index contributed by atoms with van der Waals surface area (Å²) >= 11 is 0. The number of likely N-dealkylation sites (N-methyl/N-ethyl adjacent to an activating group) is 1. The van der Waals surface area contributed by atoms with Gasteiger partial charge in [-0.1, -0.05) is 6.07 Å². The Labute approximate surface area is 166 Å². The summed E-state index contributed by atoms with van der Waals surface area (Å²) in [5.74, 6) is -0.410. The molecule has 3 rings (SSSR count). The molecule has 9 heteroatoms.